The van der Waals surface area contributed by atoms with Crippen molar-refractivity contribution >= 4 is 17.4 Å². The van der Waals surface area contributed by atoms with E-state index >= 15 is 0 Å². The summed E-state index contributed by atoms with van der Waals surface area (Å²) in [5.41, 5.74) is 2.35. The number of carbonyl (C=O) groups is 1. The Morgan fingerprint density at radius 1 is 1.36 bits per heavy atom. The minimum Gasteiger partial charge on any atom is -0.392 e. The third-order valence-electron chi connectivity index (χ3n) is 2.57. The van der Waals surface area contributed by atoms with Gasteiger partial charge in [-0.2, -0.15) is 0 Å². The summed E-state index contributed by atoms with van der Waals surface area (Å²) >= 11 is 5.89. The molecule has 0 radical (unpaired) electrons. The van der Waals surface area contributed by atoms with Gasteiger partial charge in [0.25, 0.3) is 0 Å². The average Bonchev–Trinajstić information content (AvgIpc) is 2.16. The molecule has 3 heteroatoms. The van der Waals surface area contributed by atoms with Crippen LogP contribution in [-0.4, -0.2) is 10.9 Å². The number of rotatable bonds is 1. The monoisotopic (exact) mass is 210 g/mol. The smallest absolute Gasteiger partial charge is 0.163 e. The summed E-state index contributed by atoms with van der Waals surface area (Å²) in [6.45, 7) is -0.116. The second-order valence-electron chi connectivity index (χ2n) is 3.53. The molecule has 1 aromatic carbocycles. The van der Waals surface area contributed by atoms with Crippen LogP contribution in [0.5, 0.6) is 0 Å². The van der Waals surface area contributed by atoms with Crippen molar-refractivity contribution in [3.8, 4) is 0 Å². The third kappa shape index (κ3) is 1.56. The first-order chi connectivity index (χ1) is 6.72. The molecule has 0 aliphatic heterocycles. The second-order valence-corrected chi connectivity index (χ2v) is 3.97. The van der Waals surface area contributed by atoms with E-state index in [1.54, 1.807) is 6.07 Å². The van der Waals surface area contributed by atoms with Gasteiger partial charge in [0.1, 0.15) is 0 Å². The number of benzene rings is 1. The standard InChI is InChI=1S/C11H11ClO2/c12-9-4-7-2-1-3-10(14)11(7)8(5-9)6-13/h4-5,13H,1-3,6H2. The van der Waals surface area contributed by atoms with Gasteiger partial charge in [-0.1, -0.05) is 11.6 Å². The molecular formula is C11H11ClO2. The van der Waals surface area contributed by atoms with E-state index in [0.29, 0.717) is 22.6 Å². The Kier molecular flexibility index (Phi) is 2.57. The molecule has 0 saturated heterocycles. The first-order valence-corrected chi connectivity index (χ1v) is 5.05. The second kappa shape index (κ2) is 3.71. The molecular weight excluding hydrogens is 200 g/mol. The molecule has 14 heavy (non-hydrogen) atoms. The molecule has 0 bridgehead atoms. The van der Waals surface area contributed by atoms with Crippen molar-refractivity contribution in [3.05, 3.63) is 33.8 Å². The van der Waals surface area contributed by atoms with Gasteiger partial charge in [0.05, 0.1) is 6.61 Å². The summed E-state index contributed by atoms with van der Waals surface area (Å²) in [7, 11) is 0. The van der Waals surface area contributed by atoms with Crippen molar-refractivity contribution in [3.63, 3.8) is 0 Å². The van der Waals surface area contributed by atoms with Gasteiger partial charge in [0, 0.05) is 17.0 Å². The van der Waals surface area contributed by atoms with Crippen LogP contribution in [-0.2, 0) is 13.0 Å². The number of Topliss-reactive ketones (excluding diaryl/α,β-unsaturated/α-hetero) is 1. The van der Waals surface area contributed by atoms with Crippen LogP contribution < -0.4 is 0 Å². The molecule has 2 nitrogen and oxygen atoms in total. The molecule has 74 valence electrons. The Morgan fingerprint density at radius 3 is 2.86 bits per heavy atom. The molecule has 0 heterocycles. The average molecular weight is 211 g/mol. The van der Waals surface area contributed by atoms with Crippen LogP contribution in [0.3, 0.4) is 0 Å². The van der Waals surface area contributed by atoms with Gasteiger partial charge in [0.2, 0.25) is 0 Å². The minimum absolute atomic E-state index is 0.116. The minimum atomic E-state index is -0.116. The van der Waals surface area contributed by atoms with Crippen molar-refractivity contribution < 1.29 is 9.90 Å². The summed E-state index contributed by atoms with van der Waals surface area (Å²) in [5, 5.41) is 9.72. The van der Waals surface area contributed by atoms with E-state index in [9.17, 15) is 4.79 Å². The number of hydrogen-bond donors (Lipinski definition) is 1. The molecule has 0 amide bonds. The van der Waals surface area contributed by atoms with Gasteiger partial charge in [-0.25, -0.2) is 0 Å². The molecule has 0 aromatic heterocycles. The SMILES string of the molecule is O=C1CCCc2cc(Cl)cc(CO)c21. The number of carbonyl (C=O) groups excluding carboxylic acids is 1. The van der Waals surface area contributed by atoms with Crippen LogP contribution in [0.1, 0.15) is 34.3 Å². The Bertz CT molecular complexity index is 368. The van der Waals surface area contributed by atoms with Crippen molar-refractivity contribution in [1.82, 2.24) is 0 Å². The van der Waals surface area contributed by atoms with E-state index in [2.05, 4.69) is 0 Å². The van der Waals surface area contributed by atoms with E-state index in [1.165, 1.54) is 0 Å². The van der Waals surface area contributed by atoms with Crippen LogP contribution in [0.2, 0.25) is 5.02 Å². The lowest BCUT2D eigenvalue weighted by atomic mass is 9.87. The highest BCUT2D eigenvalue weighted by Gasteiger charge is 2.20. The maximum Gasteiger partial charge on any atom is 0.163 e. The van der Waals surface area contributed by atoms with Gasteiger partial charge < -0.3 is 5.11 Å². The third-order valence-corrected chi connectivity index (χ3v) is 2.78. The van der Waals surface area contributed by atoms with Crippen LogP contribution in [0.25, 0.3) is 0 Å². The van der Waals surface area contributed by atoms with Gasteiger partial charge in [-0.05, 0) is 36.1 Å². The molecule has 1 aliphatic carbocycles. The predicted octanol–water partition coefficient (Wildman–Crippen LogP) is 2.35. The lowest BCUT2D eigenvalue weighted by Gasteiger charge is -2.17. The fraction of sp³-hybridized carbons (Fsp3) is 0.364. The summed E-state index contributed by atoms with van der Waals surface area (Å²) in [6.07, 6.45) is 2.35. The predicted molar refractivity (Wildman–Crippen MR) is 54.6 cm³/mol. The largest absolute Gasteiger partial charge is 0.392 e. The quantitative estimate of drug-likeness (QED) is 0.773. The number of aliphatic hydroxyl groups excluding tert-OH is 1. The van der Waals surface area contributed by atoms with Crippen molar-refractivity contribution in [2.24, 2.45) is 0 Å². The summed E-state index contributed by atoms with van der Waals surface area (Å²) in [6, 6.07) is 3.50. The molecule has 2 rings (SSSR count). The Balaban J connectivity index is 2.61. The normalized spacial score (nSPS) is 15.4. The van der Waals surface area contributed by atoms with E-state index in [-0.39, 0.29) is 12.4 Å². The van der Waals surface area contributed by atoms with E-state index in [0.717, 1.165) is 18.4 Å². The fourth-order valence-corrected chi connectivity index (χ4v) is 2.23. The highest BCUT2D eigenvalue weighted by atomic mass is 35.5. The van der Waals surface area contributed by atoms with Gasteiger partial charge >= 0.3 is 0 Å². The first-order valence-electron chi connectivity index (χ1n) is 4.67. The number of aliphatic hydroxyl groups is 1. The summed E-state index contributed by atoms with van der Waals surface area (Å²) in [4.78, 5) is 11.6. The number of ketones is 1. The first kappa shape index (κ1) is 9.69. The summed E-state index contributed by atoms with van der Waals surface area (Å²) < 4.78 is 0. The summed E-state index contributed by atoms with van der Waals surface area (Å²) in [5.74, 6) is 0.131. The van der Waals surface area contributed by atoms with Gasteiger partial charge in [-0.15, -0.1) is 0 Å². The molecule has 1 N–H and O–H groups in total. The zero-order valence-electron chi connectivity index (χ0n) is 7.72. The molecule has 0 spiro atoms. The molecule has 0 fully saturated rings. The zero-order valence-corrected chi connectivity index (χ0v) is 8.47. The Labute approximate surface area is 87.5 Å². The number of hydrogen-bond acceptors (Lipinski definition) is 2. The number of halogens is 1. The fourth-order valence-electron chi connectivity index (χ4n) is 1.97. The van der Waals surface area contributed by atoms with Crippen molar-refractivity contribution in [2.45, 2.75) is 25.9 Å². The van der Waals surface area contributed by atoms with Crippen LogP contribution in [0.4, 0.5) is 0 Å². The maximum absolute atomic E-state index is 11.6. The maximum atomic E-state index is 11.6. The van der Waals surface area contributed by atoms with Crippen molar-refractivity contribution in [1.29, 1.82) is 0 Å². The van der Waals surface area contributed by atoms with E-state index in [1.807, 2.05) is 6.07 Å². The topological polar surface area (TPSA) is 37.3 Å². The Morgan fingerprint density at radius 2 is 2.14 bits per heavy atom. The molecule has 1 aromatic rings. The van der Waals surface area contributed by atoms with Gasteiger partial charge in [0.15, 0.2) is 5.78 Å². The highest BCUT2D eigenvalue weighted by Crippen LogP contribution is 2.28. The molecule has 0 unspecified atom stereocenters. The Hall–Kier alpha value is -0.860. The molecule has 0 saturated carbocycles. The zero-order chi connectivity index (χ0) is 10.1. The van der Waals surface area contributed by atoms with E-state index in [4.69, 9.17) is 16.7 Å². The highest BCUT2D eigenvalue weighted by molar-refractivity contribution is 6.31. The number of aryl methyl sites for hydroxylation is 1. The van der Waals surface area contributed by atoms with Crippen LogP contribution in [0, 0.1) is 0 Å². The van der Waals surface area contributed by atoms with E-state index < -0.39 is 0 Å². The molecule has 1 aliphatic rings. The van der Waals surface area contributed by atoms with Gasteiger partial charge in [-0.3, -0.25) is 4.79 Å². The van der Waals surface area contributed by atoms with Crippen LogP contribution >= 0.6 is 11.6 Å². The van der Waals surface area contributed by atoms with Crippen molar-refractivity contribution in [2.75, 3.05) is 0 Å². The number of fused-ring (bicyclic) bond motifs is 1. The lowest BCUT2D eigenvalue weighted by molar-refractivity contribution is 0.0969. The van der Waals surface area contributed by atoms with Crippen LogP contribution in [0.15, 0.2) is 12.1 Å². The molecule has 0 atom stereocenters. The lowest BCUT2D eigenvalue weighted by Crippen LogP contribution is -2.13.